The highest BCUT2D eigenvalue weighted by atomic mass is 32.1. The zero-order valence-electron chi connectivity index (χ0n) is 17.3. The van der Waals surface area contributed by atoms with Gasteiger partial charge in [0, 0.05) is 12.2 Å². The fourth-order valence-electron chi connectivity index (χ4n) is 2.62. The second-order valence-corrected chi connectivity index (χ2v) is 7.17. The molecule has 31 heavy (non-hydrogen) atoms. The van der Waals surface area contributed by atoms with Crippen molar-refractivity contribution in [3.05, 3.63) is 58.0 Å². The van der Waals surface area contributed by atoms with E-state index in [9.17, 15) is 9.59 Å². The molecule has 9 nitrogen and oxygen atoms in total. The third-order valence-electron chi connectivity index (χ3n) is 4.14. The Bertz CT molecular complexity index is 1050. The van der Waals surface area contributed by atoms with Crippen molar-refractivity contribution < 1.29 is 23.8 Å². The molecule has 0 saturated heterocycles. The summed E-state index contributed by atoms with van der Waals surface area (Å²) in [6.45, 7) is 2.67. The van der Waals surface area contributed by atoms with E-state index in [0.29, 0.717) is 29.5 Å². The number of aromatic nitrogens is 2. The van der Waals surface area contributed by atoms with Crippen molar-refractivity contribution in [3.63, 3.8) is 0 Å². The number of carbonyl (C=O) groups excluding carboxylic acids is 2. The number of carbonyl (C=O) groups is 2. The minimum Gasteiger partial charge on any atom is -0.497 e. The first-order valence-electron chi connectivity index (χ1n) is 9.40. The lowest BCUT2D eigenvalue weighted by Gasteiger charge is -2.11. The van der Waals surface area contributed by atoms with Gasteiger partial charge < -0.3 is 24.8 Å². The third kappa shape index (κ3) is 5.70. The lowest BCUT2D eigenvalue weighted by molar-refractivity contribution is 0.0948. The quantitative estimate of drug-likeness (QED) is 0.524. The molecule has 10 heteroatoms. The Balaban J connectivity index is 1.58. The van der Waals surface area contributed by atoms with Gasteiger partial charge in [-0.1, -0.05) is 17.4 Å². The van der Waals surface area contributed by atoms with Gasteiger partial charge in [-0.3, -0.25) is 9.59 Å². The highest BCUT2D eigenvalue weighted by Gasteiger charge is 2.18. The molecule has 0 fully saturated rings. The molecule has 0 saturated carbocycles. The molecular formula is C21H22N4O5S. The van der Waals surface area contributed by atoms with Crippen LogP contribution in [0.3, 0.4) is 0 Å². The summed E-state index contributed by atoms with van der Waals surface area (Å²) in [4.78, 5) is 24.7. The second-order valence-electron chi connectivity index (χ2n) is 6.20. The van der Waals surface area contributed by atoms with E-state index in [-0.39, 0.29) is 16.6 Å². The van der Waals surface area contributed by atoms with Gasteiger partial charge in [0.1, 0.15) is 5.75 Å². The molecule has 2 amide bonds. The van der Waals surface area contributed by atoms with E-state index in [2.05, 4.69) is 20.8 Å². The van der Waals surface area contributed by atoms with Crippen molar-refractivity contribution in [1.29, 1.82) is 0 Å². The van der Waals surface area contributed by atoms with Crippen LogP contribution in [-0.4, -0.2) is 42.8 Å². The maximum absolute atomic E-state index is 12.4. The van der Waals surface area contributed by atoms with Crippen molar-refractivity contribution >= 4 is 28.8 Å². The minimum atomic E-state index is -0.446. The summed E-state index contributed by atoms with van der Waals surface area (Å²) in [6, 6.07) is 12.3. The fourth-order valence-corrected chi connectivity index (χ4v) is 3.28. The van der Waals surface area contributed by atoms with E-state index in [1.165, 1.54) is 0 Å². The number of methoxy groups -OCH3 is 2. The predicted molar refractivity (Wildman–Crippen MR) is 116 cm³/mol. The molecule has 0 aliphatic rings. The van der Waals surface area contributed by atoms with Gasteiger partial charge in [-0.15, -0.1) is 10.2 Å². The Morgan fingerprint density at radius 2 is 1.65 bits per heavy atom. The Kier molecular flexibility index (Phi) is 7.39. The molecule has 0 atom stereocenters. The molecule has 0 bridgehead atoms. The van der Waals surface area contributed by atoms with Gasteiger partial charge in [0.25, 0.3) is 11.8 Å². The number of amides is 2. The molecule has 3 aromatic rings. The summed E-state index contributed by atoms with van der Waals surface area (Å²) in [6.07, 6.45) is 0. The number of nitrogens with zero attached hydrogens (tertiary/aromatic N) is 2. The average Bonchev–Trinajstić information content (AvgIpc) is 3.29. The van der Waals surface area contributed by atoms with Crippen LogP contribution in [0.5, 0.6) is 17.2 Å². The van der Waals surface area contributed by atoms with Crippen LogP contribution in [0.15, 0.2) is 42.5 Å². The summed E-state index contributed by atoms with van der Waals surface area (Å²) < 4.78 is 15.9. The molecule has 0 aliphatic carbocycles. The van der Waals surface area contributed by atoms with E-state index in [4.69, 9.17) is 14.2 Å². The van der Waals surface area contributed by atoms with E-state index in [0.717, 1.165) is 16.9 Å². The third-order valence-corrected chi connectivity index (χ3v) is 5.06. The topological polar surface area (TPSA) is 112 Å². The van der Waals surface area contributed by atoms with Crippen LogP contribution in [0, 0.1) is 0 Å². The summed E-state index contributed by atoms with van der Waals surface area (Å²) in [5.41, 5.74) is 1.41. The second kappa shape index (κ2) is 10.4. The van der Waals surface area contributed by atoms with Crippen LogP contribution in [-0.2, 0) is 6.54 Å². The van der Waals surface area contributed by atoms with Crippen LogP contribution in [0.1, 0.15) is 32.1 Å². The highest BCUT2D eigenvalue weighted by Crippen LogP contribution is 2.28. The lowest BCUT2D eigenvalue weighted by atomic mass is 10.2. The number of rotatable bonds is 9. The van der Waals surface area contributed by atoms with Gasteiger partial charge in [0.05, 0.1) is 20.8 Å². The highest BCUT2D eigenvalue weighted by molar-refractivity contribution is 7.15. The van der Waals surface area contributed by atoms with Crippen LogP contribution in [0.2, 0.25) is 0 Å². The van der Waals surface area contributed by atoms with Crippen LogP contribution in [0.25, 0.3) is 0 Å². The monoisotopic (exact) mass is 442 g/mol. The van der Waals surface area contributed by atoms with E-state index in [1.807, 2.05) is 13.0 Å². The summed E-state index contributed by atoms with van der Waals surface area (Å²) in [5, 5.41) is 13.3. The smallest absolute Gasteiger partial charge is 0.286 e. The van der Waals surface area contributed by atoms with E-state index >= 15 is 0 Å². The van der Waals surface area contributed by atoms with Gasteiger partial charge in [0.2, 0.25) is 10.0 Å². The average molecular weight is 442 g/mol. The van der Waals surface area contributed by atoms with Crippen LogP contribution < -0.4 is 24.8 Å². The summed E-state index contributed by atoms with van der Waals surface area (Å²) in [5.74, 6) is 1.03. The normalized spacial score (nSPS) is 10.3. The number of ether oxygens (including phenoxy) is 3. The molecule has 0 spiro atoms. The SMILES string of the molecule is CCOc1ccc(CNC(=O)c2nnc(C(=O)Nc3ccc(OC)cc3)s2)cc1OC. The van der Waals surface area contributed by atoms with Gasteiger partial charge in [-0.05, 0) is 48.9 Å². The molecule has 0 unspecified atom stereocenters. The molecule has 2 aromatic carbocycles. The first-order chi connectivity index (χ1) is 15.0. The number of hydrogen-bond acceptors (Lipinski definition) is 8. The zero-order chi connectivity index (χ0) is 22.2. The first-order valence-corrected chi connectivity index (χ1v) is 10.2. The van der Waals surface area contributed by atoms with Crippen LogP contribution >= 0.6 is 11.3 Å². The molecule has 3 rings (SSSR count). The van der Waals surface area contributed by atoms with Gasteiger partial charge in [-0.2, -0.15) is 0 Å². The van der Waals surface area contributed by atoms with Crippen LogP contribution in [0.4, 0.5) is 5.69 Å². The summed E-state index contributed by atoms with van der Waals surface area (Å²) in [7, 11) is 3.12. The number of nitrogens with one attached hydrogen (secondary N) is 2. The molecule has 2 N–H and O–H groups in total. The summed E-state index contributed by atoms with van der Waals surface area (Å²) >= 11 is 0.912. The molecular weight excluding hydrogens is 420 g/mol. The van der Waals surface area contributed by atoms with Crippen molar-refractivity contribution in [2.75, 3.05) is 26.1 Å². The fraction of sp³-hybridized carbons (Fsp3) is 0.238. The first kappa shape index (κ1) is 22.0. The van der Waals surface area contributed by atoms with Gasteiger partial charge in [-0.25, -0.2) is 0 Å². The predicted octanol–water partition coefficient (Wildman–Crippen LogP) is 3.14. The zero-order valence-corrected chi connectivity index (χ0v) is 18.1. The molecule has 1 aromatic heterocycles. The Morgan fingerprint density at radius 1 is 0.935 bits per heavy atom. The maximum atomic E-state index is 12.4. The minimum absolute atomic E-state index is 0.0868. The molecule has 0 radical (unpaired) electrons. The number of hydrogen-bond donors (Lipinski definition) is 2. The Labute approximate surface area is 183 Å². The molecule has 1 heterocycles. The number of benzene rings is 2. The van der Waals surface area contributed by atoms with Gasteiger partial charge >= 0.3 is 0 Å². The number of anilines is 1. The Morgan fingerprint density at radius 3 is 2.29 bits per heavy atom. The van der Waals surface area contributed by atoms with Crippen molar-refractivity contribution in [2.24, 2.45) is 0 Å². The lowest BCUT2D eigenvalue weighted by Crippen LogP contribution is -2.22. The Hall–Kier alpha value is -3.66. The van der Waals surface area contributed by atoms with E-state index in [1.54, 1.807) is 50.6 Å². The molecule has 162 valence electrons. The van der Waals surface area contributed by atoms with Crippen molar-refractivity contribution in [1.82, 2.24) is 15.5 Å². The molecule has 0 aliphatic heterocycles. The van der Waals surface area contributed by atoms with E-state index < -0.39 is 11.8 Å². The largest absolute Gasteiger partial charge is 0.497 e. The van der Waals surface area contributed by atoms with Gasteiger partial charge in [0.15, 0.2) is 11.5 Å². The van der Waals surface area contributed by atoms with Crippen molar-refractivity contribution in [3.8, 4) is 17.2 Å². The standard InChI is InChI=1S/C21H22N4O5S/c1-4-30-16-10-5-13(11-17(16)29-3)12-22-18(26)20-24-25-21(31-20)19(27)23-14-6-8-15(28-2)9-7-14/h5-11H,4,12H2,1-3H3,(H,22,26)(H,23,27). The maximum Gasteiger partial charge on any atom is 0.286 e. The van der Waals surface area contributed by atoms with Crippen molar-refractivity contribution in [2.45, 2.75) is 13.5 Å².